The van der Waals surface area contributed by atoms with Gasteiger partial charge < -0.3 is 10.2 Å². The van der Waals surface area contributed by atoms with Crippen LogP contribution in [0.3, 0.4) is 0 Å². The zero-order valence-corrected chi connectivity index (χ0v) is 6.36. The minimum atomic E-state index is -0.0208. The molecule has 1 saturated carbocycles. The van der Waals surface area contributed by atoms with E-state index in [1.54, 1.807) is 12.5 Å². The van der Waals surface area contributed by atoms with Crippen molar-refractivity contribution < 1.29 is 4.42 Å². The summed E-state index contributed by atoms with van der Waals surface area (Å²) < 4.78 is 4.90. The van der Waals surface area contributed by atoms with Gasteiger partial charge in [0.25, 0.3) is 0 Å². The van der Waals surface area contributed by atoms with Crippen molar-refractivity contribution in [1.29, 1.82) is 0 Å². The van der Waals surface area contributed by atoms with Gasteiger partial charge in [0.15, 0.2) is 0 Å². The van der Waals surface area contributed by atoms with Crippen molar-refractivity contribution in [3.63, 3.8) is 0 Å². The van der Waals surface area contributed by atoms with E-state index in [1.165, 1.54) is 0 Å². The minimum Gasteiger partial charge on any atom is -0.472 e. The van der Waals surface area contributed by atoms with E-state index in [4.69, 9.17) is 10.2 Å². The number of nitrogens with two attached hydrogens (primary N) is 1. The molecule has 1 aromatic rings. The second kappa shape index (κ2) is 2.29. The van der Waals surface area contributed by atoms with Crippen LogP contribution in [0.2, 0.25) is 0 Å². The van der Waals surface area contributed by atoms with Crippen LogP contribution in [0.5, 0.6) is 0 Å². The Balaban J connectivity index is 0.000000500. The molecular formula is C7H10ClNO. The molecule has 0 amide bonds. The van der Waals surface area contributed by atoms with Crippen molar-refractivity contribution in [3.8, 4) is 0 Å². The largest absolute Gasteiger partial charge is 0.472 e. The Morgan fingerprint density at radius 1 is 1.50 bits per heavy atom. The van der Waals surface area contributed by atoms with Gasteiger partial charge in [-0.05, 0) is 18.9 Å². The third-order valence-electron chi connectivity index (χ3n) is 1.88. The highest BCUT2D eigenvalue weighted by Crippen LogP contribution is 2.42. The number of halogens is 1. The molecular weight excluding hydrogens is 150 g/mol. The maximum atomic E-state index is 5.85. The summed E-state index contributed by atoms with van der Waals surface area (Å²) in [4.78, 5) is 0. The fourth-order valence-electron chi connectivity index (χ4n) is 0.971. The molecule has 10 heavy (non-hydrogen) atoms. The zero-order valence-electron chi connectivity index (χ0n) is 5.54. The molecule has 1 aliphatic rings. The fourth-order valence-corrected chi connectivity index (χ4v) is 0.971. The summed E-state index contributed by atoms with van der Waals surface area (Å²) >= 11 is 0. The maximum Gasteiger partial charge on any atom is 0.0953 e. The lowest BCUT2D eigenvalue weighted by Crippen LogP contribution is -2.17. The molecule has 56 valence electrons. The van der Waals surface area contributed by atoms with Gasteiger partial charge in [0.1, 0.15) is 0 Å². The molecule has 0 aromatic carbocycles. The second-order valence-corrected chi connectivity index (χ2v) is 2.67. The lowest BCUT2D eigenvalue weighted by Gasteiger charge is -2.01. The molecule has 0 bridgehead atoms. The van der Waals surface area contributed by atoms with Gasteiger partial charge in [-0.3, -0.25) is 0 Å². The standard InChI is InChI=1S/C7H9NO.ClH/c8-7(2-3-7)6-1-4-9-5-6;/h1,4-5H,2-3,8H2;1H. The molecule has 2 N–H and O–H groups in total. The van der Waals surface area contributed by atoms with E-state index in [0.717, 1.165) is 18.4 Å². The number of hydrogen-bond acceptors (Lipinski definition) is 2. The topological polar surface area (TPSA) is 39.2 Å². The van der Waals surface area contributed by atoms with Crippen LogP contribution in [0.1, 0.15) is 18.4 Å². The average molecular weight is 160 g/mol. The summed E-state index contributed by atoms with van der Waals surface area (Å²) in [5.41, 5.74) is 6.97. The normalized spacial score (nSPS) is 19.7. The zero-order chi connectivity index (χ0) is 6.32. The Morgan fingerprint density at radius 3 is 2.60 bits per heavy atom. The number of furan rings is 1. The van der Waals surface area contributed by atoms with E-state index in [9.17, 15) is 0 Å². The van der Waals surface area contributed by atoms with Gasteiger partial charge >= 0.3 is 0 Å². The Bertz CT molecular complexity index is 203. The molecule has 1 aliphatic carbocycles. The maximum absolute atomic E-state index is 5.85. The van der Waals surface area contributed by atoms with Gasteiger partial charge in [-0.15, -0.1) is 12.4 Å². The van der Waals surface area contributed by atoms with Crippen molar-refractivity contribution >= 4 is 12.4 Å². The first-order chi connectivity index (χ1) is 4.31. The first-order valence-corrected chi connectivity index (χ1v) is 3.13. The van der Waals surface area contributed by atoms with E-state index in [2.05, 4.69) is 0 Å². The van der Waals surface area contributed by atoms with Gasteiger partial charge in [0.05, 0.1) is 12.5 Å². The van der Waals surface area contributed by atoms with Gasteiger partial charge in [-0.1, -0.05) is 0 Å². The quantitative estimate of drug-likeness (QED) is 0.677. The Labute approximate surface area is 65.8 Å². The Hall–Kier alpha value is -0.470. The molecule has 1 fully saturated rings. The summed E-state index contributed by atoms with van der Waals surface area (Å²) in [6, 6.07) is 1.94. The highest BCUT2D eigenvalue weighted by molar-refractivity contribution is 5.85. The van der Waals surface area contributed by atoms with E-state index in [1.807, 2.05) is 6.07 Å². The van der Waals surface area contributed by atoms with E-state index < -0.39 is 0 Å². The molecule has 0 unspecified atom stereocenters. The predicted molar refractivity (Wildman–Crippen MR) is 41.1 cm³/mol. The van der Waals surface area contributed by atoms with E-state index >= 15 is 0 Å². The van der Waals surface area contributed by atoms with Gasteiger partial charge in [0, 0.05) is 11.1 Å². The molecule has 0 atom stereocenters. The molecule has 3 heteroatoms. The molecule has 2 nitrogen and oxygen atoms in total. The number of hydrogen-bond donors (Lipinski definition) is 1. The van der Waals surface area contributed by atoms with Crippen molar-refractivity contribution in [2.45, 2.75) is 18.4 Å². The van der Waals surface area contributed by atoms with Crippen LogP contribution in [0.15, 0.2) is 23.0 Å². The van der Waals surface area contributed by atoms with Crippen LogP contribution in [0.25, 0.3) is 0 Å². The summed E-state index contributed by atoms with van der Waals surface area (Å²) in [5, 5.41) is 0. The van der Waals surface area contributed by atoms with E-state index in [0.29, 0.717) is 0 Å². The van der Waals surface area contributed by atoms with Crippen LogP contribution in [0.4, 0.5) is 0 Å². The summed E-state index contributed by atoms with van der Waals surface area (Å²) in [5.74, 6) is 0. The third-order valence-corrected chi connectivity index (χ3v) is 1.88. The summed E-state index contributed by atoms with van der Waals surface area (Å²) in [6.45, 7) is 0. The first-order valence-electron chi connectivity index (χ1n) is 3.13. The van der Waals surface area contributed by atoms with Crippen molar-refractivity contribution in [1.82, 2.24) is 0 Å². The van der Waals surface area contributed by atoms with Crippen LogP contribution in [-0.4, -0.2) is 0 Å². The molecule has 1 aromatic heterocycles. The molecule has 1 heterocycles. The fraction of sp³-hybridized carbons (Fsp3) is 0.429. The predicted octanol–water partition coefficient (Wildman–Crippen LogP) is 1.65. The highest BCUT2D eigenvalue weighted by Gasteiger charge is 2.40. The lowest BCUT2D eigenvalue weighted by atomic mass is 10.1. The first kappa shape index (κ1) is 7.63. The smallest absolute Gasteiger partial charge is 0.0953 e. The van der Waals surface area contributed by atoms with Gasteiger partial charge in [-0.2, -0.15) is 0 Å². The van der Waals surface area contributed by atoms with Crippen LogP contribution in [-0.2, 0) is 5.54 Å². The third kappa shape index (κ3) is 1.04. The summed E-state index contributed by atoms with van der Waals surface area (Å²) in [6.07, 6.45) is 5.61. The van der Waals surface area contributed by atoms with Crippen molar-refractivity contribution in [2.24, 2.45) is 5.73 Å². The van der Waals surface area contributed by atoms with Crippen molar-refractivity contribution in [3.05, 3.63) is 24.2 Å². The molecule has 0 radical (unpaired) electrons. The van der Waals surface area contributed by atoms with Gasteiger partial charge in [-0.25, -0.2) is 0 Å². The average Bonchev–Trinajstić information content (AvgIpc) is 2.46. The van der Waals surface area contributed by atoms with Crippen molar-refractivity contribution in [2.75, 3.05) is 0 Å². The minimum absolute atomic E-state index is 0. The molecule has 2 rings (SSSR count). The molecule has 0 aliphatic heterocycles. The van der Waals surface area contributed by atoms with Crippen LogP contribution >= 0.6 is 12.4 Å². The van der Waals surface area contributed by atoms with E-state index in [-0.39, 0.29) is 17.9 Å². The lowest BCUT2D eigenvalue weighted by molar-refractivity contribution is 0.557. The number of rotatable bonds is 1. The van der Waals surface area contributed by atoms with Gasteiger partial charge in [0.2, 0.25) is 0 Å². The monoisotopic (exact) mass is 159 g/mol. The SMILES string of the molecule is Cl.NC1(c2ccoc2)CC1. The second-order valence-electron chi connectivity index (χ2n) is 2.67. The summed E-state index contributed by atoms with van der Waals surface area (Å²) in [7, 11) is 0. The Kier molecular flexibility index (Phi) is 1.75. The highest BCUT2D eigenvalue weighted by atomic mass is 35.5. The molecule has 0 saturated heterocycles. The Morgan fingerprint density at radius 2 is 2.20 bits per heavy atom. The van der Waals surface area contributed by atoms with Crippen LogP contribution in [0, 0.1) is 0 Å². The molecule has 0 spiro atoms. The van der Waals surface area contributed by atoms with Crippen LogP contribution < -0.4 is 5.73 Å².